The number of fused-ring (bicyclic) bond motifs is 2. The van der Waals surface area contributed by atoms with Gasteiger partial charge in [0.25, 0.3) is 0 Å². The molecule has 0 aliphatic heterocycles. The zero-order valence-electron chi connectivity index (χ0n) is 16.8. The molecule has 4 heterocycles. The van der Waals surface area contributed by atoms with Crippen molar-refractivity contribution in [1.82, 2.24) is 34.9 Å². The molecule has 0 radical (unpaired) electrons. The Morgan fingerprint density at radius 1 is 1.03 bits per heavy atom. The van der Waals surface area contributed by atoms with Gasteiger partial charge in [0, 0.05) is 42.0 Å². The molecule has 156 valence electrons. The van der Waals surface area contributed by atoms with Gasteiger partial charge in [0.15, 0.2) is 11.5 Å². The van der Waals surface area contributed by atoms with Crippen LogP contribution in [0.15, 0.2) is 61.1 Å². The number of pyridine rings is 1. The van der Waals surface area contributed by atoms with E-state index in [4.69, 9.17) is 0 Å². The minimum Gasteiger partial charge on any atom is -0.508 e. The van der Waals surface area contributed by atoms with Crippen LogP contribution in [-0.2, 0) is 7.05 Å². The zero-order valence-corrected chi connectivity index (χ0v) is 16.8. The third kappa shape index (κ3) is 2.90. The average Bonchev–Trinajstić information content (AvgIpc) is 3.49. The summed E-state index contributed by atoms with van der Waals surface area (Å²) in [5, 5.41) is 22.5. The molecule has 0 fully saturated rings. The van der Waals surface area contributed by atoms with Crippen molar-refractivity contribution in [3.8, 4) is 39.5 Å². The molecule has 4 aromatic heterocycles. The molecular weight excluding hydrogens is 409 g/mol. The number of imidazole rings is 1. The number of aromatic hydroxyl groups is 1. The van der Waals surface area contributed by atoms with Gasteiger partial charge in [-0.15, -0.1) is 0 Å². The van der Waals surface area contributed by atoms with Crippen molar-refractivity contribution in [3.63, 3.8) is 0 Å². The van der Waals surface area contributed by atoms with E-state index >= 15 is 0 Å². The van der Waals surface area contributed by atoms with E-state index in [1.807, 2.05) is 37.6 Å². The SMILES string of the molecule is Cn1cc(-c2ccc3[nH]nc(-c4nc5nccc(-c6cc(O)cc(F)c6)c5[nH]4)c3c2)cn1. The summed E-state index contributed by atoms with van der Waals surface area (Å²) in [7, 11) is 1.88. The summed E-state index contributed by atoms with van der Waals surface area (Å²) >= 11 is 0. The monoisotopic (exact) mass is 425 g/mol. The summed E-state index contributed by atoms with van der Waals surface area (Å²) in [5.41, 5.74) is 5.84. The van der Waals surface area contributed by atoms with E-state index in [0.29, 0.717) is 33.8 Å². The number of aromatic nitrogens is 7. The molecule has 9 heteroatoms. The fraction of sp³-hybridized carbons (Fsp3) is 0.0435. The summed E-state index contributed by atoms with van der Waals surface area (Å²) in [5.74, 6) is -0.132. The second-order valence-corrected chi connectivity index (χ2v) is 7.58. The summed E-state index contributed by atoms with van der Waals surface area (Å²) in [4.78, 5) is 12.2. The van der Waals surface area contributed by atoms with Crippen LogP contribution in [-0.4, -0.2) is 40.0 Å². The number of hydrogen-bond acceptors (Lipinski definition) is 5. The molecule has 0 aliphatic rings. The molecule has 0 spiro atoms. The largest absolute Gasteiger partial charge is 0.508 e. The van der Waals surface area contributed by atoms with Crippen molar-refractivity contribution in [2.75, 3.05) is 0 Å². The van der Waals surface area contributed by atoms with E-state index in [1.54, 1.807) is 16.9 Å². The fourth-order valence-corrected chi connectivity index (χ4v) is 3.94. The average molecular weight is 425 g/mol. The Kier molecular flexibility index (Phi) is 3.85. The van der Waals surface area contributed by atoms with Crippen molar-refractivity contribution in [3.05, 3.63) is 66.9 Å². The number of phenols is 1. The molecular formula is C23H16FN7O. The van der Waals surface area contributed by atoms with Gasteiger partial charge in [0.05, 0.1) is 17.2 Å². The van der Waals surface area contributed by atoms with Gasteiger partial charge in [-0.05, 0) is 41.5 Å². The number of halogens is 1. The minimum atomic E-state index is -0.522. The molecule has 0 saturated carbocycles. The number of benzene rings is 2. The van der Waals surface area contributed by atoms with Crippen LogP contribution < -0.4 is 0 Å². The first-order valence-corrected chi connectivity index (χ1v) is 9.87. The third-order valence-electron chi connectivity index (χ3n) is 5.41. The normalized spacial score (nSPS) is 11.6. The molecule has 6 rings (SSSR count). The van der Waals surface area contributed by atoms with Crippen molar-refractivity contribution in [2.45, 2.75) is 0 Å². The zero-order chi connectivity index (χ0) is 21.8. The van der Waals surface area contributed by atoms with Crippen LogP contribution in [0.2, 0.25) is 0 Å². The maximum absolute atomic E-state index is 13.9. The Bertz CT molecular complexity index is 1610. The maximum atomic E-state index is 13.9. The first-order valence-electron chi connectivity index (χ1n) is 9.87. The second kappa shape index (κ2) is 6.74. The molecule has 6 aromatic rings. The predicted octanol–water partition coefficient (Wildman–Crippen LogP) is 4.41. The van der Waals surface area contributed by atoms with Crippen LogP contribution in [0.1, 0.15) is 0 Å². The minimum absolute atomic E-state index is 0.147. The van der Waals surface area contributed by atoms with Crippen LogP contribution in [0.25, 0.3) is 55.8 Å². The van der Waals surface area contributed by atoms with Crippen molar-refractivity contribution in [1.29, 1.82) is 0 Å². The van der Waals surface area contributed by atoms with Gasteiger partial charge in [0.2, 0.25) is 0 Å². The van der Waals surface area contributed by atoms with E-state index in [1.165, 1.54) is 12.1 Å². The number of H-pyrrole nitrogens is 2. The number of phenolic OH excluding ortho intramolecular Hbond substituents is 1. The van der Waals surface area contributed by atoms with Gasteiger partial charge < -0.3 is 10.1 Å². The van der Waals surface area contributed by atoms with E-state index in [9.17, 15) is 9.50 Å². The van der Waals surface area contributed by atoms with Crippen LogP contribution in [0.5, 0.6) is 5.75 Å². The van der Waals surface area contributed by atoms with Crippen LogP contribution >= 0.6 is 0 Å². The summed E-state index contributed by atoms with van der Waals surface area (Å²) in [6.45, 7) is 0. The highest BCUT2D eigenvalue weighted by Crippen LogP contribution is 2.33. The molecule has 32 heavy (non-hydrogen) atoms. The molecule has 3 N–H and O–H groups in total. The standard InChI is InChI=1S/C23H16FN7O/c1-31-11-14(10-26-31)12-2-3-19-18(8-12)21(30-29-19)23-27-20-17(4-5-25-22(20)28-23)13-6-15(24)9-16(32)7-13/h2-11,32H,1H3,(H,29,30)(H,25,27,28). The molecule has 8 nitrogen and oxygen atoms in total. The Balaban J connectivity index is 1.51. The molecule has 0 amide bonds. The lowest BCUT2D eigenvalue weighted by Crippen LogP contribution is -1.85. The predicted molar refractivity (Wildman–Crippen MR) is 118 cm³/mol. The van der Waals surface area contributed by atoms with Crippen LogP contribution in [0, 0.1) is 5.82 Å². The smallest absolute Gasteiger partial charge is 0.178 e. The molecule has 0 aliphatic carbocycles. The van der Waals surface area contributed by atoms with Crippen LogP contribution in [0.4, 0.5) is 4.39 Å². The molecule has 0 atom stereocenters. The topological polar surface area (TPSA) is 108 Å². The number of rotatable bonds is 3. The quantitative estimate of drug-likeness (QED) is 0.389. The van der Waals surface area contributed by atoms with E-state index < -0.39 is 5.82 Å². The highest BCUT2D eigenvalue weighted by atomic mass is 19.1. The van der Waals surface area contributed by atoms with E-state index in [2.05, 4.69) is 30.2 Å². The molecule has 0 unspecified atom stereocenters. The van der Waals surface area contributed by atoms with Gasteiger partial charge in [0.1, 0.15) is 17.3 Å². The molecule has 2 aromatic carbocycles. The summed E-state index contributed by atoms with van der Waals surface area (Å²) in [6, 6.07) is 11.7. The lowest BCUT2D eigenvalue weighted by atomic mass is 10.1. The van der Waals surface area contributed by atoms with Crippen molar-refractivity contribution < 1.29 is 9.50 Å². The van der Waals surface area contributed by atoms with Gasteiger partial charge in [-0.3, -0.25) is 9.78 Å². The second-order valence-electron chi connectivity index (χ2n) is 7.58. The highest BCUT2D eigenvalue weighted by molar-refractivity contribution is 5.97. The number of nitrogens with zero attached hydrogens (tertiary/aromatic N) is 5. The summed E-state index contributed by atoms with van der Waals surface area (Å²) in [6.07, 6.45) is 5.37. The third-order valence-corrected chi connectivity index (χ3v) is 5.41. The number of nitrogens with one attached hydrogen (secondary N) is 2. The Labute approximate surface area is 180 Å². The first-order chi connectivity index (χ1) is 15.5. The fourth-order valence-electron chi connectivity index (χ4n) is 3.94. The van der Waals surface area contributed by atoms with Crippen LogP contribution in [0.3, 0.4) is 0 Å². The van der Waals surface area contributed by atoms with Gasteiger partial charge in [-0.2, -0.15) is 10.2 Å². The van der Waals surface area contributed by atoms with E-state index in [-0.39, 0.29) is 5.75 Å². The lowest BCUT2D eigenvalue weighted by molar-refractivity contribution is 0.469. The van der Waals surface area contributed by atoms with Gasteiger partial charge in [-0.25, -0.2) is 14.4 Å². The summed E-state index contributed by atoms with van der Waals surface area (Å²) < 4.78 is 15.6. The van der Waals surface area contributed by atoms with Crippen molar-refractivity contribution in [2.24, 2.45) is 7.05 Å². The Morgan fingerprint density at radius 3 is 2.75 bits per heavy atom. The first kappa shape index (κ1) is 18.3. The van der Waals surface area contributed by atoms with Gasteiger partial charge in [-0.1, -0.05) is 6.07 Å². The highest BCUT2D eigenvalue weighted by Gasteiger charge is 2.17. The number of aryl methyl sites for hydroxylation is 1. The lowest BCUT2D eigenvalue weighted by Gasteiger charge is -2.04. The van der Waals surface area contributed by atoms with Crippen molar-refractivity contribution >= 4 is 22.1 Å². The Morgan fingerprint density at radius 2 is 1.94 bits per heavy atom. The molecule has 0 bridgehead atoms. The molecule has 0 saturated heterocycles. The van der Waals surface area contributed by atoms with E-state index in [0.717, 1.165) is 28.1 Å². The van der Waals surface area contributed by atoms with Gasteiger partial charge >= 0.3 is 0 Å². The number of hydrogen-bond donors (Lipinski definition) is 3. The number of aromatic amines is 2. The maximum Gasteiger partial charge on any atom is 0.178 e. The Hall–Kier alpha value is -4.53.